The Labute approximate surface area is 124 Å². The summed E-state index contributed by atoms with van der Waals surface area (Å²) >= 11 is 0. The number of hydrogen-bond acceptors (Lipinski definition) is 4. The standard InChI is InChI=1S/C16H19N3O2/c1-12(11-20-2)21-16-15(18)8-14(9-17)19(16)10-13-6-4-3-5-7-13/h3-8,12H,10-11,18H2,1-2H3/t12-/m0/s1. The minimum Gasteiger partial charge on any atom is -0.472 e. The van der Waals surface area contributed by atoms with E-state index in [1.54, 1.807) is 17.7 Å². The zero-order valence-electron chi connectivity index (χ0n) is 12.2. The molecule has 0 aliphatic rings. The van der Waals surface area contributed by atoms with Gasteiger partial charge in [-0.1, -0.05) is 30.3 Å². The van der Waals surface area contributed by atoms with Crippen LogP contribution < -0.4 is 10.5 Å². The molecule has 2 N–H and O–H groups in total. The van der Waals surface area contributed by atoms with Crippen molar-refractivity contribution >= 4 is 5.69 Å². The molecule has 0 spiro atoms. The first-order valence-corrected chi connectivity index (χ1v) is 6.74. The number of rotatable bonds is 6. The van der Waals surface area contributed by atoms with Crippen LogP contribution in [0.4, 0.5) is 5.69 Å². The molecule has 1 heterocycles. The topological polar surface area (TPSA) is 73.2 Å². The Bertz CT molecular complexity index is 629. The van der Waals surface area contributed by atoms with Gasteiger partial charge in [-0.2, -0.15) is 5.26 Å². The molecule has 2 rings (SSSR count). The van der Waals surface area contributed by atoms with E-state index in [4.69, 9.17) is 15.2 Å². The summed E-state index contributed by atoms with van der Waals surface area (Å²) in [6.45, 7) is 2.89. The molecule has 0 aliphatic heterocycles. The van der Waals surface area contributed by atoms with Crippen LogP contribution in [0.5, 0.6) is 5.88 Å². The summed E-state index contributed by atoms with van der Waals surface area (Å²) < 4.78 is 12.7. The fourth-order valence-corrected chi connectivity index (χ4v) is 2.16. The monoisotopic (exact) mass is 285 g/mol. The van der Waals surface area contributed by atoms with E-state index in [-0.39, 0.29) is 6.10 Å². The molecule has 110 valence electrons. The first-order valence-electron chi connectivity index (χ1n) is 6.74. The molecule has 5 nitrogen and oxygen atoms in total. The van der Waals surface area contributed by atoms with Gasteiger partial charge in [0.05, 0.1) is 18.8 Å². The van der Waals surface area contributed by atoms with Gasteiger partial charge in [-0.15, -0.1) is 0 Å². The third-order valence-corrected chi connectivity index (χ3v) is 3.09. The number of benzene rings is 1. The lowest BCUT2D eigenvalue weighted by atomic mass is 10.2. The summed E-state index contributed by atoms with van der Waals surface area (Å²) in [6, 6.07) is 13.7. The maximum atomic E-state index is 9.27. The number of anilines is 1. The lowest BCUT2D eigenvalue weighted by Gasteiger charge is -2.17. The van der Waals surface area contributed by atoms with E-state index in [1.165, 1.54) is 0 Å². The lowest BCUT2D eigenvalue weighted by Crippen LogP contribution is -2.20. The molecule has 2 aromatic rings. The molecular weight excluding hydrogens is 266 g/mol. The SMILES string of the molecule is COC[C@H](C)Oc1c(N)cc(C#N)n1Cc1ccccc1. The van der Waals surface area contributed by atoms with Crippen LogP contribution >= 0.6 is 0 Å². The van der Waals surface area contributed by atoms with Gasteiger partial charge in [-0.05, 0) is 12.5 Å². The zero-order valence-corrected chi connectivity index (χ0v) is 12.2. The van der Waals surface area contributed by atoms with Gasteiger partial charge < -0.3 is 15.2 Å². The molecule has 0 unspecified atom stereocenters. The predicted molar refractivity (Wildman–Crippen MR) is 81.1 cm³/mol. The highest BCUT2D eigenvalue weighted by Crippen LogP contribution is 2.28. The van der Waals surface area contributed by atoms with Gasteiger partial charge in [0, 0.05) is 13.2 Å². The molecule has 1 aromatic carbocycles. The van der Waals surface area contributed by atoms with E-state index in [9.17, 15) is 5.26 Å². The second-order valence-electron chi connectivity index (χ2n) is 4.86. The summed E-state index contributed by atoms with van der Waals surface area (Å²) in [6.07, 6.45) is -0.145. The minimum absolute atomic E-state index is 0.145. The van der Waals surface area contributed by atoms with E-state index in [0.29, 0.717) is 30.4 Å². The molecule has 5 heteroatoms. The summed E-state index contributed by atoms with van der Waals surface area (Å²) in [7, 11) is 1.62. The van der Waals surface area contributed by atoms with E-state index in [0.717, 1.165) is 5.56 Å². The Hall–Kier alpha value is -2.45. The molecule has 0 bridgehead atoms. The molecule has 0 aliphatic carbocycles. The maximum Gasteiger partial charge on any atom is 0.219 e. The number of nitrogens with two attached hydrogens (primary N) is 1. The van der Waals surface area contributed by atoms with Crippen molar-refractivity contribution in [3.8, 4) is 11.9 Å². The van der Waals surface area contributed by atoms with Crippen LogP contribution in [-0.4, -0.2) is 24.4 Å². The van der Waals surface area contributed by atoms with Gasteiger partial charge in [0.15, 0.2) is 0 Å². The van der Waals surface area contributed by atoms with Crippen molar-refractivity contribution in [3.63, 3.8) is 0 Å². The molecule has 0 amide bonds. The minimum atomic E-state index is -0.145. The average Bonchev–Trinajstić information content (AvgIpc) is 2.77. The fourth-order valence-electron chi connectivity index (χ4n) is 2.16. The van der Waals surface area contributed by atoms with Crippen LogP contribution in [0.25, 0.3) is 0 Å². The summed E-state index contributed by atoms with van der Waals surface area (Å²) in [5, 5.41) is 9.27. The predicted octanol–water partition coefficient (Wildman–Crippen LogP) is 2.40. The van der Waals surface area contributed by atoms with Crippen molar-refractivity contribution in [3.05, 3.63) is 47.7 Å². The van der Waals surface area contributed by atoms with Crippen molar-refractivity contribution in [1.29, 1.82) is 5.26 Å². The zero-order chi connectivity index (χ0) is 15.2. The number of nitriles is 1. The normalized spacial score (nSPS) is 11.9. The number of methoxy groups -OCH3 is 1. The van der Waals surface area contributed by atoms with Crippen LogP contribution in [0.1, 0.15) is 18.2 Å². The summed E-state index contributed by atoms with van der Waals surface area (Å²) in [4.78, 5) is 0. The Balaban J connectivity index is 2.31. The second-order valence-corrected chi connectivity index (χ2v) is 4.86. The van der Waals surface area contributed by atoms with Crippen LogP contribution in [0.15, 0.2) is 36.4 Å². The molecule has 21 heavy (non-hydrogen) atoms. The third-order valence-electron chi connectivity index (χ3n) is 3.09. The van der Waals surface area contributed by atoms with Crippen LogP contribution in [0, 0.1) is 11.3 Å². The van der Waals surface area contributed by atoms with E-state index >= 15 is 0 Å². The van der Waals surface area contributed by atoms with Gasteiger partial charge in [0.25, 0.3) is 0 Å². The fraction of sp³-hybridized carbons (Fsp3) is 0.312. The number of hydrogen-bond donors (Lipinski definition) is 1. The van der Waals surface area contributed by atoms with Gasteiger partial charge >= 0.3 is 0 Å². The molecule has 1 atom stereocenters. The van der Waals surface area contributed by atoms with E-state index in [2.05, 4.69) is 6.07 Å². The summed E-state index contributed by atoms with van der Waals surface area (Å²) in [5.41, 5.74) is 8.00. The Morgan fingerprint density at radius 2 is 2.05 bits per heavy atom. The average molecular weight is 285 g/mol. The molecule has 0 saturated carbocycles. The highest BCUT2D eigenvalue weighted by atomic mass is 16.5. The smallest absolute Gasteiger partial charge is 0.219 e. The Morgan fingerprint density at radius 1 is 1.33 bits per heavy atom. The molecular formula is C16H19N3O2. The van der Waals surface area contributed by atoms with E-state index in [1.807, 2.05) is 37.3 Å². The molecule has 1 aromatic heterocycles. The largest absolute Gasteiger partial charge is 0.472 e. The summed E-state index contributed by atoms with van der Waals surface area (Å²) in [5.74, 6) is 0.514. The molecule has 0 radical (unpaired) electrons. The van der Waals surface area contributed by atoms with Crippen molar-refractivity contribution in [2.24, 2.45) is 0 Å². The first-order chi connectivity index (χ1) is 10.2. The van der Waals surface area contributed by atoms with Crippen molar-refractivity contribution < 1.29 is 9.47 Å². The molecule has 0 fully saturated rings. The number of aromatic nitrogens is 1. The highest BCUT2D eigenvalue weighted by molar-refractivity contribution is 5.55. The van der Waals surface area contributed by atoms with E-state index < -0.39 is 0 Å². The van der Waals surface area contributed by atoms with Crippen molar-refractivity contribution in [1.82, 2.24) is 4.57 Å². The third kappa shape index (κ3) is 3.56. The number of nitrogen functional groups attached to an aromatic ring is 1. The van der Waals surface area contributed by atoms with Crippen LogP contribution in [0.3, 0.4) is 0 Å². The Morgan fingerprint density at radius 3 is 2.67 bits per heavy atom. The first kappa shape index (κ1) is 14.9. The Kier molecular flexibility index (Phi) is 4.85. The quantitative estimate of drug-likeness (QED) is 0.884. The van der Waals surface area contributed by atoms with Gasteiger partial charge in [-0.3, -0.25) is 4.57 Å². The van der Waals surface area contributed by atoms with Crippen LogP contribution in [-0.2, 0) is 11.3 Å². The van der Waals surface area contributed by atoms with Gasteiger partial charge in [0.2, 0.25) is 5.88 Å². The maximum absolute atomic E-state index is 9.27. The lowest BCUT2D eigenvalue weighted by molar-refractivity contribution is 0.0869. The van der Waals surface area contributed by atoms with Crippen molar-refractivity contribution in [2.75, 3.05) is 19.5 Å². The van der Waals surface area contributed by atoms with Crippen molar-refractivity contribution in [2.45, 2.75) is 19.6 Å². The molecule has 0 saturated heterocycles. The highest BCUT2D eigenvalue weighted by Gasteiger charge is 2.17. The second kappa shape index (κ2) is 6.82. The van der Waals surface area contributed by atoms with Crippen LogP contribution in [0.2, 0.25) is 0 Å². The van der Waals surface area contributed by atoms with Gasteiger partial charge in [-0.25, -0.2) is 0 Å². The van der Waals surface area contributed by atoms with Gasteiger partial charge in [0.1, 0.15) is 17.9 Å². The number of nitrogens with zero attached hydrogens (tertiary/aromatic N) is 2. The number of ether oxygens (including phenoxy) is 2.